The highest BCUT2D eigenvalue weighted by atomic mass is 16.1. The molecule has 4 nitrogen and oxygen atoms in total. The molecule has 4 heteroatoms. The smallest absolute Gasteiger partial charge is 0.322 e. The van der Waals surface area contributed by atoms with Crippen molar-refractivity contribution >= 4 is 0 Å². The van der Waals surface area contributed by atoms with Crippen molar-refractivity contribution in [2.75, 3.05) is 0 Å². The van der Waals surface area contributed by atoms with Crippen molar-refractivity contribution in [3.8, 4) is 0 Å². The molecule has 2 N–H and O–H groups in total. The molecule has 18 heavy (non-hydrogen) atoms. The van der Waals surface area contributed by atoms with Crippen LogP contribution in [-0.4, -0.2) is 9.55 Å². The van der Waals surface area contributed by atoms with E-state index >= 15 is 0 Å². The van der Waals surface area contributed by atoms with Gasteiger partial charge in [-0.25, -0.2) is 9.78 Å². The monoisotopic (exact) mass is 243 g/mol. The molecule has 2 aromatic rings. The first-order valence-electron chi connectivity index (χ1n) is 5.92. The van der Waals surface area contributed by atoms with Crippen molar-refractivity contribution < 1.29 is 0 Å². The first kappa shape index (κ1) is 12.5. The van der Waals surface area contributed by atoms with Crippen LogP contribution in [0.2, 0.25) is 0 Å². The minimum Gasteiger partial charge on any atom is -0.322 e. The van der Waals surface area contributed by atoms with E-state index in [0.717, 1.165) is 11.1 Å². The summed E-state index contributed by atoms with van der Waals surface area (Å²) >= 11 is 0. The Morgan fingerprint density at radius 1 is 1.39 bits per heavy atom. The number of benzene rings is 1. The third kappa shape index (κ3) is 2.65. The van der Waals surface area contributed by atoms with Gasteiger partial charge in [-0.05, 0) is 31.0 Å². The molecule has 94 valence electrons. The van der Waals surface area contributed by atoms with Crippen molar-refractivity contribution in [1.82, 2.24) is 9.55 Å². The van der Waals surface area contributed by atoms with E-state index in [-0.39, 0.29) is 11.7 Å². The summed E-state index contributed by atoms with van der Waals surface area (Å²) in [6, 6.07) is 7.69. The van der Waals surface area contributed by atoms with Crippen LogP contribution in [0.15, 0.2) is 41.5 Å². The number of hydrogen-bond acceptors (Lipinski definition) is 3. The Bertz CT molecular complexity index is 604. The van der Waals surface area contributed by atoms with E-state index in [4.69, 9.17) is 5.73 Å². The molecule has 1 aromatic carbocycles. The van der Waals surface area contributed by atoms with E-state index in [1.807, 2.05) is 26.0 Å². The van der Waals surface area contributed by atoms with Crippen LogP contribution in [0.25, 0.3) is 0 Å². The fourth-order valence-electron chi connectivity index (χ4n) is 2.08. The fourth-order valence-corrected chi connectivity index (χ4v) is 2.08. The molecule has 1 aromatic heterocycles. The summed E-state index contributed by atoms with van der Waals surface area (Å²) in [5.74, 6) is 0. The van der Waals surface area contributed by atoms with Crippen LogP contribution in [0.3, 0.4) is 0 Å². The highest BCUT2D eigenvalue weighted by molar-refractivity contribution is 5.32. The van der Waals surface area contributed by atoms with Gasteiger partial charge in [-0.15, -0.1) is 0 Å². The Kier molecular flexibility index (Phi) is 3.58. The Morgan fingerprint density at radius 2 is 2.17 bits per heavy atom. The zero-order valence-electron chi connectivity index (χ0n) is 10.6. The van der Waals surface area contributed by atoms with Gasteiger partial charge in [0, 0.05) is 25.0 Å². The Hall–Kier alpha value is -1.94. The summed E-state index contributed by atoms with van der Waals surface area (Å²) in [5.41, 5.74) is 9.32. The molecule has 0 aliphatic carbocycles. The van der Waals surface area contributed by atoms with Crippen molar-refractivity contribution in [3.63, 3.8) is 0 Å². The first-order chi connectivity index (χ1) is 8.58. The molecule has 0 aliphatic heterocycles. The summed E-state index contributed by atoms with van der Waals surface area (Å²) in [4.78, 5) is 15.2. The molecule has 0 saturated heterocycles. The largest absolute Gasteiger partial charge is 0.347 e. The number of aromatic nitrogens is 2. The van der Waals surface area contributed by atoms with Gasteiger partial charge in [0.25, 0.3) is 0 Å². The molecular weight excluding hydrogens is 226 g/mol. The highest BCUT2D eigenvalue weighted by Crippen LogP contribution is 2.18. The minimum absolute atomic E-state index is 0.201. The zero-order chi connectivity index (χ0) is 13.1. The van der Waals surface area contributed by atoms with Gasteiger partial charge >= 0.3 is 5.69 Å². The summed E-state index contributed by atoms with van der Waals surface area (Å²) in [6.45, 7) is 4.53. The van der Waals surface area contributed by atoms with Gasteiger partial charge < -0.3 is 5.73 Å². The Morgan fingerprint density at radius 3 is 2.83 bits per heavy atom. The molecule has 0 fully saturated rings. The molecule has 0 amide bonds. The number of rotatable bonds is 3. The van der Waals surface area contributed by atoms with Gasteiger partial charge in [-0.2, -0.15) is 0 Å². The molecular formula is C14H17N3O. The number of nitrogens with zero attached hydrogens (tertiary/aromatic N) is 2. The van der Waals surface area contributed by atoms with Gasteiger partial charge in [-0.3, -0.25) is 4.57 Å². The van der Waals surface area contributed by atoms with Gasteiger partial charge in [0.1, 0.15) is 0 Å². The second-order valence-electron chi connectivity index (χ2n) is 4.52. The van der Waals surface area contributed by atoms with Crippen LogP contribution in [0.5, 0.6) is 0 Å². The minimum atomic E-state index is -0.266. The average Bonchev–Trinajstić information content (AvgIpc) is 2.32. The molecule has 1 heterocycles. The van der Waals surface area contributed by atoms with Gasteiger partial charge in [0.2, 0.25) is 0 Å². The van der Waals surface area contributed by atoms with Crippen LogP contribution in [-0.2, 0) is 6.54 Å². The van der Waals surface area contributed by atoms with Crippen molar-refractivity contribution in [1.29, 1.82) is 0 Å². The third-order valence-corrected chi connectivity index (χ3v) is 3.00. The van der Waals surface area contributed by atoms with Crippen molar-refractivity contribution in [2.24, 2.45) is 5.73 Å². The lowest BCUT2D eigenvalue weighted by Gasteiger charge is -2.16. The van der Waals surface area contributed by atoms with E-state index in [1.165, 1.54) is 16.3 Å². The van der Waals surface area contributed by atoms with Gasteiger partial charge in [0.15, 0.2) is 0 Å². The molecule has 2 rings (SSSR count). The number of aryl methyl sites for hydroxylation is 2. The lowest BCUT2D eigenvalue weighted by Crippen LogP contribution is -2.28. The average molecular weight is 243 g/mol. The summed E-state index contributed by atoms with van der Waals surface area (Å²) in [5, 5.41) is 0. The van der Waals surface area contributed by atoms with E-state index in [1.54, 1.807) is 12.3 Å². The summed E-state index contributed by atoms with van der Waals surface area (Å²) < 4.78 is 1.53. The Balaban J connectivity index is 2.25. The maximum Gasteiger partial charge on any atom is 0.347 e. The van der Waals surface area contributed by atoms with E-state index in [2.05, 4.69) is 11.1 Å². The molecule has 0 aliphatic rings. The summed E-state index contributed by atoms with van der Waals surface area (Å²) in [7, 11) is 0. The Labute approximate surface area is 106 Å². The molecule has 0 radical (unpaired) electrons. The molecule has 0 saturated carbocycles. The lowest BCUT2D eigenvalue weighted by atomic mass is 10.00. The molecule has 0 spiro atoms. The van der Waals surface area contributed by atoms with Crippen LogP contribution < -0.4 is 11.4 Å². The normalized spacial score (nSPS) is 12.4. The molecule has 0 bridgehead atoms. The standard InChI is InChI=1S/C14H17N3O/c1-10-4-5-12(11(2)8-10)13(15)9-17-7-3-6-16-14(17)18/h3-8,13H,9,15H2,1-2H3. The third-order valence-electron chi connectivity index (χ3n) is 3.00. The molecule has 1 unspecified atom stereocenters. The SMILES string of the molecule is Cc1ccc(C(N)Cn2cccnc2=O)c(C)c1. The summed E-state index contributed by atoms with van der Waals surface area (Å²) in [6.07, 6.45) is 3.19. The second kappa shape index (κ2) is 5.14. The van der Waals surface area contributed by atoms with E-state index in [9.17, 15) is 4.79 Å². The zero-order valence-corrected chi connectivity index (χ0v) is 10.6. The predicted octanol–water partition coefficient (Wildman–Crippen LogP) is 1.56. The van der Waals surface area contributed by atoms with E-state index in [0.29, 0.717) is 6.54 Å². The predicted molar refractivity (Wildman–Crippen MR) is 71.3 cm³/mol. The fraction of sp³-hybridized carbons (Fsp3) is 0.286. The van der Waals surface area contributed by atoms with Gasteiger partial charge in [0.05, 0.1) is 0 Å². The lowest BCUT2D eigenvalue weighted by molar-refractivity contribution is 0.549. The maximum atomic E-state index is 11.5. The van der Waals surface area contributed by atoms with Crippen LogP contribution in [0, 0.1) is 13.8 Å². The van der Waals surface area contributed by atoms with Crippen LogP contribution in [0.4, 0.5) is 0 Å². The van der Waals surface area contributed by atoms with Crippen molar-refractivity contribution in [3.05, 3.63) is 63.8 Å². The highest BCUT2D eigenvalue weighted by Gasteiger charge is 2.10. The second-order valence-corrected chi connectivity index (χ2v) is 4.52. The topological polar surface area (TPSA) is 60.9 Å². The van der Waals surface area contributed by atoms with Crippen molar-refractivity contribution in [2.45, 2.75) is 26.4 Å². The molecule has 1 atom stereocenters. The van der Waals surface area contributed by atoms with Crippen LogP contribution >= 0.6 is 0 Å². The van der Waals surface area contributed by atoms with Gasteiger partial charge in [-0.1, -0.05) is 23.8 Å². The first-order valence-corrected chi connectivity index (χ1v) is 5.92. The number of nitrogens with two attached hydrogens (primary N) is 1. The van der Waals surface area contributed by atoms with E-state index < -0.39 is 0 Å². The maximum absolute atomic E-state index is 11.5. The quantitative estimate of drug-likeness (QED) is 0.890. The van der Waals surface area contributed by atoms with Crippen LogP contribution in [0.1, 0.15) is 22.7 Å². The number of hydrogen-bond donors (Lipinski definition) is 1.